The standard InChI is InChI=1S/C10H12N2O2S2/c13-8-6-12(4-3-11-8)9(14)7-16-10-2-1-5-15-10/h1-2,5H,3-4,6-7H2,(H,11,13). The molecule has 0 saturated carbocycles. The highest BCUT2D eigenvalue weighted by Crippen LogP contribution is 2.23. The number of amides is 2. The van der Waals surface area contributed by atoms with E-state index in [0.29, 0.717) is 18.8 Å². The van der Waals surface area contributed by atoms with E-state index in [4.69, 9.17) is 0 Å². The van der Waals surface area contributed by atoms with Crippen molar-refractivity contribution in [3.63, 3.8) is 0 Å². The maximum absolute atomic E-state index is 11.8. The molecule has 0 radical (unpaired) electrons. The summed E-state index contributed by atoms with van der Waals surface area (Å²) < 4.78 is 1.13. The quantitative estimate of drug-likeness (QED) is 0.814. The predicted molar refractivity (Wildman–Crippen MR) is 64.6 cm³/mol. The number of piperazine rings is 1. The normalized spacial score (nSPS) is 16.0. The molecular formula is C10H12N2O2S2. The van der Waals surface area contributed by atoms with Crippen LogP contribution in [-0.4, -0.2) is 42.1 Å². The van der Waals surface area contributed by atoms with E-state index in [1.165, 1.54) is 11.8 Å². The van der Waals surface area contributed by atoms with Gasteiger partial charge >= 0.3 is 0 Å². The molecule has 0 spiro atoms. The minimum Gasteiger partial charge on any atom is -0.353 e. The van der Waals surface area contributed by atoms with Gasteiger partial charge in [0.1, 0.15) is 0 Å². The molecule has 2 heterocycles. The molecule has 86 valence electrons. The van der Waals surface area contributed by atoms with E-state index in [-0.39, 0.29) is 18.4 Å². The number of nitrogens with zero attached hydrogens (tertiary/aromatic N) is 1. The van der Waals surface area contributed by atoms with Gasteiger partial charge in [-0.15, -0.1) is 23.1 Å². The number of rotatable bonds is 3. The molecule has 4 nitrogen and oxygen atoms in total. The van der Waals surface area contributed by atoms with E-state index in [0.717, 1.165) is 4.21 Å². The van der Waals surface area contributed by atoms with Crippen LogP contribution < -0.4 is 5.32 Å². The fraction of sp³-hybridized carbons (Fsp3) is 0.400. The Hall–Kier alpha value is -1.01. The number of nitrogens with one attached hydrogen (secondary N) is 1. The Balaban J connectivity index is 1.81. The predicted octanol–water partition coefficient (Wildman–Crippen LogP) is 0.799. The van der Waals surface area contributed by atoms with Crippen molar-refractivity contribution < 1.29 is 9.59 Å². The zero-order valence-corrected chi connectivity index (χ0v) is 10.3. The number of hydrogen-bond acceptors (Lipinski definition) is 4. The van der Waals surface area contributed by atoms with Crippen molar-refractivity contribution in [2.75, 3.05) is 25.4 Å². The van der Waals surface area contributed by atoms with Gasteiger partial charge in [0, 0.05) is 13.1 Å². The van der Waals surface area contributed by atoms with Crippen molar-refractivity contribution in [2.24, 2.45) is 0 Å². The molecule has 0 aliphatic carbocycles. The molecule has 16 heavy (non-hydrogen) atoms. The van der Waals surface area contributed by atoms with Crippen LogP contribution in [0.5, 0.6) is 0 Å². The first-order valence-electron chi connectivity index (χ1n) is 4.96. The average molecular weight is 256 g/mol. The van der Waals surface area contributed by atoms with Gasteiger partial charge in [0.2, 0.25) is 11.8 Å². The van der Waals surface area contributed by atoms with E-state index in [1.807, 2.05) is 17.5 Å². The van der Waals surface area contributed by atoms with Gasteiger partial charge in [0.25, 0.3) is 0 Å². The number of carbonyl (C=O) groups excluding carboxylic acids is 2. The van der Waals surface area contributed by atoms with Crippen LogP contribution in [0.1, 0.15) is 0 Å². The first kappa shape index (κ1) is 11.5. The molecule has 1 aromatic heterocycles. The molecular weight excluding hydrogens is 244 g/mol. The van der Waals surface area contributed by atoms with E-state index < -0.39 is 0 Å². The monoisotopic (exact) mass is 256 g/mol. The molecule has 2 amide bonds. The van der Waals surface area contributed by atoms with Crippen LogP contribution in [0, 0.1) is 0 Å². The summed E-state index contributed by atoms with van der Waals surface area (Å²) in [5.41, 5.74) is 0. The smallest absolute Gasteiger partial charge is 0.239 e. The highest BCUT2D eigenvalue weighted by molar-refractivity contribution is 8.01. The fourth-order valence-corrected chi connectivity index (χ4v) is 3.11. The highest BCUT2D eigenvalue weighted by Gasteiger charge is 2.20. The van der Waals surface area contributed by atoms with Crippen molar-refractivity contribution in [1.82, 2.24) is 10.2 Å². The summed E-state index contributed by atoms with van der Waals surface area (Å²) in [6.07, 6.45) is 0. The van der Waals surface area contributed by atoms with Gasteiger partial charge in [-0.1, -0.05) is 6.07 Å². The second-order valence-electron chi connectivity index (χ2n) is 3.39. The molecule has 1 aliphatic heterocycles. The SMILES string of the molecule is O=C1CN(C(=O)CSc2cccs2)CCN1. The van der Waals surface area contributed by atoms with Crippen LogP contribution in [0.3, 0.4) is 0 Å². The summed E-state index contributed by atoms with van der Waals surface area (Å²) in [7, 11) is 0. The number of thioether (sulfide) groups is 1. The molecule has 1 aliphatic rings. The third-order valence-electron chi connectivity index (χ3n) is 2.22. The topological polar surface area (TPSA) is 49.4 Å². The first-order chi connectivity index (χ1) is 7.75. The lowest BCUT2D eigenvalue weighted by molar-refractivity contribution is -0.136. The van der Waals surface area contributed by atoms with Gasteiger partial charge in [-0.2, -0.15) is 0 Å². The van der Waals surface area contributed by atoms with Crippen molar-refractivity contribution in [1.29, 1.82) is 0 Å². The number of hydrogen-bond donors (Lipinski definition) is 1. The Labute approximate surface area is 102 Å². The largest absolute Gasteiger partial charge is 0.353 e. The van der Waals surface area contributed by atoms with Crippen molar-refractivity contribution in [3.8, 4) is 0 Å². The summed E-state index contributed by atoms with van der Waals surface area (Å²) >= 11 is 3.15. The van der Waals surface area contributed by atoms with Crippen molar-refractivity contribution in [2.45, 2.75) is 4.21 Å². The maximum atomic E-state index is 11.8. The Morgan fingerprint density at radius 1 is 1.62 bits per heavy atom. The van der Waals surface area contributed by atoms with Crippen LogP contribution in [0.25, 0.3) is 0 Å². The Bertz CT molecular complexity index is 378. The van der Waals surface area contributed by atoms with Crippen molar-refractivity contribution >= 4 is 34.9 Å². The summed E-state index contributed by atoms with van der Waals surface area (Å²) in [5.74, 6) is 0.377. The Morgan fingerprint density at radius 2 is 2.50 bits per heavy atom. The van der Waals surface area contributed by atoms with Crippen LogP contribution in [0.2, 0.25) is 0 Å². The zero-order valence-electron chi connectivity index (χ0n) is 8.64. The molecule has 2 rings (SSSR count). The number of thiophene rings is 1. The van der Waals surface area contributed by atoms with Crippen LogP contribution in [0.15, 0.2) is 21.7 Å². The fourth-order valence-electron chi connectivity index (χ4n) is 1.42. The summed E-state index contributed by atoms with van der Waals surface area (Å²) in [5, 5.41) is 4.69. The molecule has 6 heteroatoms. The lowest BCUT2D eigenvalue weighted by Gasteiger charge is -2.26. The lowest BCUT2D eigenvalue weighted by Crippen LogP contribution is -2.50. The highest BCUT2D eigenvalue weighted by atomic mass is 32.2. The van der Waals surface area contributed by atoms with E-state index >= 15 is 0 Å². The molecule has 0 aromatic carbocycles. The Kier molecular flexibility index (Phi) is 3.84. The molecule has 1 N–H and O–H groups in total. The number of carbonyl (C=O) groups is 2. The molecule has 1 fully saturated rings. The second kappa shape index (κ2) is 5.36. The summed E-state index contributed by atoms with van der Waals surface area (Å²) in [6.45, 7) is 1.38. The zero-order chi connectivity index (χ0) is 11.4. The van der Waals surface area contributed by atoms with Gasteiger partial charge in [-0.3, -0.25) is 9.59 Å². The van der Waals surface area contributed by atoms with Gasteiger partial charge in [0.05, 0.1) is 16.5 Å². The average Bonchev–Trinajstić information content (AvgIpc) is 2.78. The van der Waals surface area contributed by atoms with Gasteiger partial charge < -0.3 is 10.2 Å². The maximum Gasteiger partial charge on any atom is 0.239 e. The van der Waals surface area contributed by atoms with E-state index in [2.05, 4.69) is 5.32 Å². The lowest BCUT2D eigenvalue weighted by atomic mass is 10.3. The minimum absolute atomic E-state index is 0.0354. The molecule has 1 aromatic rings. The molecule has 0 bridgehead atoms. The minimum atomic E-state index is -0.0688. The van der Waals surface area contributed by atoms with Gasteiger partial charge in [0.15, 0.2) is 0 Å². The summed E-state index contributed by atoms with van der Waals surface area (Å²) in [4.78, 5) is 24.5. The third kappa shape index (κ3) is 2.99. The van der Waals surface area contributed by atoms with E-state index in [9.17, 15) is 9.59 Å². The molecule has 1 saturated heterocycles. The first-order valence-corrected chi connectivity index (χ1v) is 6.83. The van der Waals surface area contributed by atoms with Crippen LogP contribution in [-0.2, 0) is 9.59 Å². The van der Waals surface area contributed by atoms with Crippen LogP contribution >= 0.6 is 23.1 Å². The third-order valence-corrected chi connectivity index (χ3v) is 4.34. The second-order valence-corrected chi connectivity index (χ2v) is 5.61. The molecule has 0 atom stereocenters. The van der Waals surface area contributed by atoms with Gasteiger partial charge in [-0.05, 0) is 11.4 Å². The van der Waals surface area contributed by atoms with Gasteiger partial charge in [-0.25, -0.2) is 0 Å². The van der Waals surface area contributed by atoms with E-state index in [1.54, 1.807) is 16.2 Å². The van der Waals surface area contributed by atoms with Crippen LogP contribution in [0.4, 0.5) is 0 Å². The Morgan fingerprint density at radius 3 is 3.19 bits per heavy atom. The summed E-state index contributed by atoms with van der Waals surface area (Å²) in [6, 6.07) is 3.96. The molecule has 0 unspecified atom stereocenters. The van der Waals surface area contributed by atoms with Crippen molar-refractivity contribution in [3.05, 3.63) is 17.5 Å².